The lowest BCUT2D eigenvalue weighted by Crippen LogP contribution is -2.39. The molecule has 0 aliphatic heterocycles. The van der Waals surface area contributed by atoms with E-state index in [4.69, 9.17) is 6.42 Å². The summed E-state index contributed by atoms with van der Waals surface area (Å²) in [6.07, 6.45) is 10.7. The molecule has 1 N–H and O–H groups in total. The monoisotopic (exact) mass is 208 g/mol. The first-order chi connectivity index (χ1) is 7.24. The van der Waals surface area contributed by atoms with Crippen LogP contribution in [0, 0.1) is 18.3 Å². The van der Waals surface area contributed by atoms with Gasteiger partial charge in [0.15, 0.2) is 0 Å². The van der Waals surface area contributed by atoms with Crippen molar-refractivity contribution in [2.45, 2.75) is 38.6 Å². The van der Waals surface area contributed by atoms with E-state index >= 15 is 0 Å². The summed E-state index contributed by atoms with van der Waals surface area (Å²) in [6.45, 7) is 5.17. The minimum absolute atomic E-state index is 0.690. The van der Waals surface area contributed by atoms with Crippen LogP contribution in [0.1, 0.15) is 32.6 Å². The van der Waals surface area contributed by atoms with E-state index < -0.39 is 0 Å². The molecule has 0 radical (unpaired) electrons. The molecule has 0 aromatic rings. The summed E-state index contributed by atoms with van der Waals surface area (Å²) in [5.74, 6) is 3.54. The minimum Gasteiger partial charge on any atom is -0.305 e. The van der Waals surface area contributed by atoms with Gasteiger partial charge in [0.2, 0.25) is 0 Å². The van der Waals surface area contributed by atoms with Gasteiger partial charge < -0.3 is 10.2 Å². The molecule has 0 saturated heterocycles. The largest absolute Gasteiger partial charge is 0.305 e. The van der Waals surface area contributed by atoms with Crippen molar-refractivity contribution in [2.75, 3.05) is 26.7 Å². The highest BCUT2D eigenvalue weighted by molar-refractivity contribution is 4.86. The zero-order valence-electron chi connectivity index (χ0n) is 10.1. The van der Waals surface area contributed by atoms with E-state index in [1.165, 1.54) is 25.7 Å². The fraction of sp³-hybridized carbons (Fsp3) is 0.846. The quantitative estimate of drug-likeness (QED) is 0.547. The van der Waals surface area contributed by atoms with E-state index in [-0.39, 0.29) is 0 Å². The zero-order valence-corrected chi connectivity index (χ0v) is 10.1. The fourth-order valence-corrected chi connectivity index (χ4v) is 2.28. The Morgan fingerprint density at radius 3 is 2.60 bits per heavy atom. The molecule has 0 amide bonds. The van der Waals surface area contributed by atoms with Crippen LogP contribution in [-0.2, 0) is 0 Å². The second-order valence-corrected chi connectivity index (χ2v) is 4.78. The summed E-state index contributed by atoms with van der Waals surface area (Å²) >= 11 is 0. The molecule has 0 spiro atoms. The average Bonchev–Trinajstić information content (AvgIpc) is 2.25. The second kappa shape index (κ2) is 6.87. The zero-order chi connectivity index (χ0) is 11.1. The van der Waals surface area contributed by atoms with Crippen LogP contribution in [0.2, 0.25) is 0 Å². The number of hydrogen-bond donors (Lipinski definition) is 1. The van der Waals surface area contributed by atoms with Crippen molar-refractivity contribution < 1.29 is 0 Å². The van der Waals surface area contributed by atoms with Gasteiger partial charge >= 0.3 is 0 Å². The minimum atomic E-state index is 0.690. The van der Waals surface area contributed by atoms with Crippen molar-refractivity contribution in [3.63, 3.8) is 0 Å². The third-order valence-electron chi connectivity index (χ3n) is 3.48. The highest BCUT2D eigenvalue weighted by Crippen LogP contribution is 2.26. The Labute approximate surface area is 94.4 Å². The SMILES string of the molecule is C#CCNCCN(C)C1CCC(C)CC1. The molecule has 0 heterocycles. The Hall–Kier alpha value is -0.520. The van der Waals surface area contributed by atoms with Gasteiger partial charge in [0.25, 0.3) is 0 Å². The molecular formula is C13H24N2. The molecule has 1 saturated carbocycles. The smallest absolute Gasteiger partial charge is 0.0574 e. The van der Waals surface area contributed by atoms with Crippen molar-refractivity contribution in [1.82, 2.24) is 10.2 Å². The number of rotatable bonds is 5. The molecule has 0 atom stereocenters. The summed E-state index contributed by atoms with van der Waals surface area (Å²) in [5, 5.41) is 3.24. The van der Waals surface area contributed by atoms with Crippen LogP contribution >= 0.6 is 0 Å². The molecule has 1 aliphatic rings. The van der Waals surface area contributed by atoms with Gasteiger partial charge in [-0.2, -0.15) is 0 Å². The number of terminal acetylenes is 1. The standard InChI is InChI=1S/C13H24N2/c1-4-9-14-10-11-15(3)13-7-5-12(2)6-8-13/h1,12-14H,5-11H2,2-3H3. The highest BCUT2D eigenvalue weighted by atomic mass is 15.1. The first-order valence-corrected chi connectivity index (χ1v) is 6.08. The summed E-state index contributed by atoms with van der Waals surface area (Å²) in [4.78, 5) is 2.48. The van der Waals surface area contributed by atoms with Crippen molar-refractivity contribution in [1.29, 1.82) is 0 Å². The van der Waals surface area contributed by atoms with Gasteiger partial charge in [-0.05, 0) is 38.6 Å². The summed E-state index contributed by atoms with van der Waals surface area (Å²) in [7, 11) is 2.23. The van der Waals surface area contributed by atoms with Crippen molar-refractivity contribution in [3.8, 4) is 12.3 Å². The fourth-order valence-electron chi connectivity index (χ4n) is 2.28. The Morgan fingerprint density at radius 2 is 2.00 bits per heavy atom. The molecule has 0 aromatic heterocycles. The first kappa shape index (κ1) is 12.5. The average molecular weight is 208 g/mol. The van der Waals surface area contributed by atoms with Crippen LogP contribution in [0.3, 0.4) is 0 Å². The molecule has 1 aliphatic carbocycles. The van der Waals surface area contributed by atoms with Gasteiger partial charge in [0.1, 0.15) is 0 Å². The molecule has 0 bridgehead atoms. The predicted octanol–water partition coefficient (Wildman–Crippen LogP) is 1.72. The van der Waals surface area contributed by atoms with Crippen LogP contribution < -0.4 is 5.32 Å². The molecule has 2 nitrogen and oxygen atoms in total. The van der Waals surface area contributed by atoms with E-state index in [0.29, 0.717) is 6.54 Å². The van der Waals surface area contributed by atoms with Gasteiger partial charge in [0, 0.05) is 19.1 Å². The topological polar surface area (TPSA) is 15.3 Å². The molecule has 86 valence electrons. The van der Waals surface area contributed by atoms with Gasteiger partial charge in [-0.25, -0.2) is 0 Å². The van der Waals surface area contributed by atoms with E-state index in [9.17, 15) is 0 Å². The van der Waals surface area contributed by atoms with Crippen LogP contribution in [0.5, 0.6) is 0 Å². The Kier molecular flexibility index (Phi) is 5.75. The first-order valence-electron chi connectivity index (χ1n) is 6.08. The number of hydrogen-bond acceptors (Lipinski definition) is 2. The number of nitrogens with one attached hydrogen (secondary N) is 1. The van der Waals surface area contributed by atoms with Gasteiger partial charge in [-0.1, -0.05) is 12.8 Å². The third-order valence-corrected chi connectivity index (χ3v) is 3.48. The lowest BCUT2D eigenvalue weighted by Gasteiger charge is -2.33. The Bertz CT molecular complexity index is 199. The summed E-state index contributed by atoms with van der Waals surface area (Å²) < 4.78 is 0. The lowest BCUT2D eigenvalue weighted by molar-refractivity contribution is 0.171. The van der Waals surface area contributed by atoms with Crippen LogP contribution in [-0.4, -0.2) is 37.6 Å². The van der Waals surface area contributed by atoms with E-state index in [2.05, 4.69) is 30.1 Å². The maximum absolute atomic E-state index is 5.18. The maximum Gasteiger partial charge on any atom is 0.0574 e. The van der Waals surface area contributed by atoms with Crippen LogP contribution in [0.25, 0.3) is 0 Å². The second-order valence-electron chi connectivity index (χ2n) is 4.78. The van der Waals surface area contributed by atoms with Crippen molar-refractivity contribution in [3.05, 3.63) is 0 Å². The molecule has 1 fully saturated rings. The van der Waals surface area contributed by atoms with E-state index in [1.807, 2.05) is 0 Å². The number of likely N-dealkylation sites (N-methyl/N-ethyl adjacent to an activating group) is 1. The van der Waals surface area contributed by atoms with Gasteiger partial charge in [0.05, 0.1) is 6.54 Å². The lowest BCUT2D eigenvalue weighted by atomic mass is 9.87. The van der Waals surface area contributed by atoms with Crippen LogP contribution in [0.15, 0.2) is 0 Å². The maximum atomic E-state index is 5.18. The molecule has 15 heavy (non-hydrogen) atoms. The molecule has 2 heteroatoms. The highest BCUT2D eigenvalue weighted by Gasteiger charge is 2.20. The normalized spacial score (nSPS) is 26.5. The van der Waals surface area contributed by atoms with Crippen LogP contribution in [0.4, 0.5) is 0 Å². The predicted molar refractivity (Wildman–Crippen MR) is 65.8 cm³/mol. The van der Waals surface area contributed by atoms with Crippen molar-refractivity contribution in [2.24, 2.45) is 5.92 Å². The van der Waals surface area contributed by atoms with E-state index in [1.54, 1.807) is 0 Å². The molecule has 1 rings (SSSR count). The molecule has 0 aromatic carbocycles. The van der Waals surface area contributed by atoms with Gasteiger partial charge in [-0.3, -0.25) is 0 Å². The Balaban J connectivity index is 2.11. The molecule has 0 unspecified atom stereocenters. The summed E-state index contributed by atoms with van der Waals surface area (Å²) in [6, 6.07) is 0.800. The van der Waals surface area contributed by atoms with Gasteiger partial charge in [-0.15, -0.1) is 6.42 Å². The summed E-state index contributed by atoms with van der Waals surface area (Å²) in [5.41, 5.74) is 0. The Morgan fingerprint density at radius 1 is 1.33 bits per heavy atom. The van der Waals surface area contributed by atoms with Crippen molar-refractivity contribution >= 4 is 0 Å². The van der Waals surface area contributed by atoms with E-state index in [0.717, 1.165) is 25.0 Å². The number of nitrogens with zero attached hydrogens (tertiary/aromatic N) is 1. The molecular weight excluding hydrogens is 184 g/mol. The third kappa shape index (κ3) is 4.68.